The second-order valence-electron chi connectivity index (χ2n) is 6.81. The Bertz CT molecular complexity index is 1070. The van der Waals surface area contributed by atoms with Crippen LogP contribution < -0.4 is 5.32 Å². The molecule has 1 aromatic carbocycles. The summed E-state index contributed by atoms with van der Waals surface area (Å²) in [4.78, 5) is 38.6. The summed E-state index contributed by atoms with van der Waals surface area (Å²) in [6.07, 6.45) is 0. The number of carbonyl (C=O) groups excluding carboxylic acids is 2. The molecule has 1 aromatic heterocycles. The van der Waals surface area contributed by atoms with Crippen LogP contribution in [-0.2, 0) is 9.59 Å². The first-order valence-electron chi connectivity index (χ1n) is 9.06. The van der Waals surface area contributed by atoms with Crippen molar-refractivity contribution >= 4 is 52.6 Å². The minimum absolute atomic E-state index is 0.0128. The highest BCUT2D eigenvalue weighted by molar-refractivity contribution is 8.01. The van der Waals surface area contributed by atoms with Crippen molar-refractivity contribution in [2.24, 2.45) is 0 Å². The van der Waals surface area contributed by atoms with E-state index in [1.165, 1.54) is 39.8 Å². The SMILES string of the molecule is Cc1nnc(SCC2=C(C(=O)O)N3C(=O)[C@@H](NC(=O)c4ccccc4C)[C@@H]3SC2)s1. The average molecular weight is 463 g/mol. The second-order valence-corrected chi connectivity index (χ2v) is 10.3. The fraction of sp³-hybridized carbons (Fsp3) is 0.316. The number of aryl methyl sites for hydroxylation is 2. The fourth-order valence-electron chi connectivity index (χ4n) is 3.33. The van der Waals surface area contributed by atoms with Crippen LogP contribution in [0.2, 0.25) is 0 Å². The van der Waals surface area contributed by atoms with E-state index in [1.807, 2.05) is 26.0 Å². The van der Waals surface area contributed by atoms with Gasteiger partial charge in [0, 0.05) is 17.1 Å². The van der Waals surface area contributed by atoms with Crippen LogP contribution in [0, 0.1) is 13.8 Å². The largest absolute Gasteiger partial charge is 0.477 e. The third-order valence-electron chi connectivity index (χ3n) is 4.80. The summed E-state index contributed by atoms with van der Waals surface area (Å²) in [5.74, 6) is -0.986. The van der Waals surface area contributed by atoms with Crippen molar-refractivity contribution in [2.45, 2.75) is 29.6 Å². The van der Waals surface area contributed by atoms with Gasteiger partial charge in [-0.3, -0.25) is 14.5 Å². The molecule has 3 heterocycles. The van der Waals surface area contributed by atoms with E-state index in [0.717, 1.165) is 14.9 Å². The highest BCUT2D eigenvalue weighted by Gasteiger charge is 2.54. The Morgan fingerprint density at radius 3 is 2.73 bits per heavy atom. The van der Waals surface area contributed by atoms with Gasteiger partial charge in [-0.15, -0.1) is 22.0 Å². The summed E-state index contributed by atoms with van der Waals surface area (Å²) < 4.78 is 0.759. The maximum absolute atomic E-state index is 12.8. The van der Waals surface area contributed by atoms with Gasteiger partial charge < -0.3 is 10.4 Å². The Balaban J connectivity index is 1.49. The van der Waals surface area contributed by atoms with Crippen molar-refractivity contribution in [2.75, 3.05) is 11.5 Å². The van der Waals surface area contributed by atoms with Gasteiger partial charge in [0.2, 0.25) is 0 Å². The third-order valence-corrected chi connectivity index (χ3v) is 8.20. The number of benzene rings is 1. The normalized spacial score (nSPS) is 20.6. The maximum atomic E-state index is 12.8. The second kappa shape index (κ2) is 8.40. The quantitative estimate of drug-likeness (QED) is 0.497. The molecule has 1 saturated heterocycles. The number of carbonyl (C=O) groups is 3. The smallest absolute Gasteiger partial charge is 0.352 e. The lowest BCUT2D eigenvalue weighted by atomic mass is 10.0. The van der Waals surface area contributed by atoms with Gasteiger partial charge in [0.25, 0.3) is 11.8 Å². The Morgan fingerprint density at radius 1 is 1.30 bits per heavy atom. The van der Waals surface area contributed by atoms with Crippen LogP contribution in [0.5, 0.6) is 0 Å². The summed E-state index contributed by atoms with van der Waals surface area (Å²) in [5, 5.41) is 20.9. The van der Waals surface area contributed by atoms with Gasteiger partial charge in [-0.25, -0.2) is 4.79 Å². The van der Waals surface area contributed by atoms with Gasteiger partial charge in [0.05, 0.1) is 0 Å². The molecule has 8 nitrogen and oxygen atoms in total. The van der Waals surface area contributed by atoms with Gasteiger partial charge in [-0.05, 0) is 31.1 Å². The van der Waals surface area contributed by atoms with E-state index in [1.54, 1.807) is 12.1 Å². The van der Waals surface area contributed by atoms with E-state index < -0.39 is 23.3 Å². The molecular formula is C19H18N4O4S3. The molecule has 4 rings (SSSR count). The summed E-state index contributed by atoms with van der Waals surface area (Å²) in [7, 11) is 0. The van der Waals surface area contributed by atoms with Crippen LogP contribution in [0.25, 0.3) is 0 Å². The summed E-state index contributed by atoms with van der Waals surface area (Å²) in [5.41, 5.74) is 1.99. The predicted molar refractivity (Wildman–Crippen MR) is 116 cm³/mol. The number of thioether (sulfide) groups is 2. The molecule has 0 unspecified atom stereocenters. The van der Waals surface area contributed by atoms with E-state index in [2.05, 4.69) is 15.5 Å². The monoisotopic (exact) mass is 462 g/mol. The molecule has 2 amide bonds. The van der Waals surface area contributed by atoms with Gasteiger partial charge in [-0.1, -0.05) is 41.3 Å². The van der Waals surface area contributed by atoms with Crippen molar-refractivity contribution in [1.29, 1.82) is 0 Å². The first kappa shape index (κ1) is 20.9. The molecule has 2 aromatic rings. The number of aromatic nitrogens is 2. The maximum Gasteiger partial charge on any atom is 0.352 e. The number of hydrogen-bond acceptors (Lipinski definition) is 8. The van der Waals surface area contributed by atoms with Crippen molar-refractivity contribution in [3.05, 3.63) is 51.7 Å². The minimum atomic E-state index is -1.14. The van der Waals surface area contributed by atoms with Crippen molar-refractivity contribution in [3.63, 3.8) is 0 Å². The highest BCUT2D eigenvalue weighted by atomic mass is 32.2. The zero-order valence-corrected chi connectivity index (χ0v) is 18.6. The number of fused-ring (bicyclic) bond motifs is 1. The Kier molecular flexibility index (Phi) is 5.85. The number of carboxylic acids is 1. The van der Waals surface area contributed by atoms with E-state index in [4.69, 9.17) is 0 Å². The third kappa shape index (κ3) is 3.84. The Labute approximate surface area is 185 Å². The molecule has 30 heavy (non-hydrogen) atoms. The standard InChI is InChI=1S/C19H18N4O4S3/c1-9-5-3-4-6-12(9)15(24)20-13-16(25)23-14(18(26)27)11(7-28-17(13)23)8-29-19-22-21-10(2)30-19/h3-6,13,17H,7-8H2,1-2H3,(H,20,24)(H,26,27)/t13-,17+/m1/s1. The van der Waals surface area contributed by atoms with Crippen LogP contribution in [-0.4, -0.2) is 60.9 Å². The zero-order chi connectivity index (χ0) is 21.4. The van der Waals surface area contributed by atoms with E-state index in [0.29, 0.717) is 22.6 Å². The van der Waals surface area contributed by atoms with E-state index in [-0.39, 0.29) is 11.6 Å². The van der Waals surface area contributed by atoms with Gasteiger partial charge in [-0.2, -0.15) is 0 Å². The number of amides is 2. The van der Waals surface area contributed by atoms with Gasteiger partial charge in [0.15, 0.2) is 4.34 Å². The molecule has 0 spiro atoms. The predicted octanol–water partition coefficient (Wildman–Crippen LogP) is 2.30. The molecule has 0 radical (unpaired) electrons. The molecule has 1 fully saturated rings. The molecular weight excluding hydrogens is 444 g/mol. The molecule has 0 bridgehead atoms. The van der Waals surface area contributed by atoms with E-state index >= 15 is 0 Å². The molecule has 156 valence electrons. The number of aliphatic carboxylic acids is 1. The Hall–Kier alpha value is -2.37. The minimum Gasteiger partial charge on any atom is -0.477 e. The molecule has 2 atom stereocenters. The van der Waals surface area contributed by atoms with Crippen LogP contribution >= 0.6 is 34.9 Å². The van der Waals surface area contributed by atoms with Crippen LogP contribution in [0.1, 0.15) is 20.9 Å². The molecule has 11 heteroatoms. The molecule has 2 N–H and O–H groups in total. The zero-order valence-electron chi connectivity index (χ0n) is 16.1. The fourth-order valence-corrected chi connectivity index (χ4v) is 6.63. The van der Waals surface area contributed by atoms with Crippen LogP contribution in [0.4, 0.5) is 0 Å². The number of rotatable bonds is 6. The molecule has 0 aliphatic carbocycles. The summed E-state index contributed by atoms with van der Waals surface area (Å²) in [6.45, 7) is 3.68. The highest BCUT2D eigenvalue weighted by Crippen LogP contribution is 2.41. The van der Waals surface area contributed by atoms with Crippen molar-refractivity contribution < 1.29 is 19.5 Å². The summed E-state index contributed by atoms with van der Waals surface area (Å²) >= 11 is 4.31. The first-order valence-corrected chi connectivity index (χ1v) is 11.9. The molecule has 2 aliphatic heterocycles. The Morgan fingerprint density at radius 2 is 2.07 bits per heavy atom. The topological polar surface area (TPSA) is 112 Å². The lowest BCUT2D eigenvalue weighted by Crippen LogP contribution is -2.70. The number of β-lactam (4-membered cyclic amide) rings is 1. The number of carboxylic acid groups (broad SMARTS) is 1. The number of nitrogens with one attached hydrogen (secondary N) is 1. The lowest BCUT2D eigenvalue weighted by Gasteiger charge is -2.49. The van der Waals surface area contributed by atoms with E-state index in [9.17, 15) is 19.5 Å². The average Bonchev–Trinajstić information content (AvgIpc) is 3.14. The van der Waals surface area contributed by atoms with Crippen LogP contribution in [0.3, 0.4) is 0 Å². The lowest BCUT2D eigenvalue weighted by molar-refractivity contribution is -0.148. The van der Waals surface area contributed by atoms with Gasteiger partial charge >= 0.3 is 5.97 Å². The van der Waals surface area contributed by atoms with Gasteiger partial charge in [0.1, 0.15) is 22.1 Å². The molecule has 2 aliphatic rings. The first-order chi connectivity index (χ1) is 14.4. The molecule has 0 saturated carbocycles. The van der Waals surface area contributed by atoms with Crippen molar-refractivity contribution in [1.82, 2.24) is 20.4 Å². The number of nitrogens with zero attached hydrogens (tertiary/aromatic N) is 3. The van der Waals surface area contributed by atoms with Crippen LogP contribution in [0.15, 0.2) is 39.9 Å². The number of hydrogen-bond donors (Lipinski definition) is 2. The summed E-state index contributed by atoms with van der Waals surface area (Å²) in [6, 6.07) is 6.39. The van der Waals surface area contributed by atoms with Crippen molar-refractivity contribution in [3.8, 4) is 0 Å².